The first kappa shape index (κ1) is 29.7. The molecule has 0 saturated carbocycles. The van der Waals surface area contributed by atoms with E-state index < -0.39 is 70.7 Å². The number of urea groups is 4. The molecule has 0 aromatic carbocycles. The van der Waals surface area contributed by atoms with E-state index in [1.165, 1.54) is 27.7 Å². The normalized spacial score (nSPS) is 33.1. The van der Waals surface area contributed by atoms with E-state index >= 15 is 0 Å². The van der Waals surface area contributed by atoms with Gasteiger partial charge in [0.2, 0.25) is 0 Å². The van der Waals surface area contributed by atoms with Gasteiger partial charge in [-0.2, -0.15) is 20.0 Å². The zero-order chi connectivity index (χ0) is 33.1. The molecule has 7 aliphatic heterocycles. The summed E-state index contributed by atoms with van der Waals surface area (Å²) in [6.45, 7) is 3.91. The van der Waals surface area contributed by atoms with Crippen LogP contribution < -0.4 is 0 Å². The summed E-state index contributed by atoms with van der Waals surface area (Å²) in [4.78, 5) is 120. The Morgan fingerprint density at radius 3 is 0.891 bits per heavy atom. The zero-order valence-corrected chi connectivity index (χ0v) is 25.5. The van der Waals surface area contributed by atoms with Crippen molar-refractivity contribution in [3.63, 3.8) is 0 Å². The first-order valence-electron chi connectivity index (χ1n) is 15.2. The Morgan fingerprint density at radius 1 is 0.457 bits per heavy atom. The van der Waals surface area contributed by atoms with E-state index in [9.17, 15) is 38.4 Å². The van der Waals surface area contributed by atoms with Crippen LogP contribution in [0.2, 0.25) is 0 Å². The van der Waals surface area contributed by atoms with E-state index in [1.807, 2.05) is 0 Å². The van der Waals surface area contributed by atoms with Gasteiger partial charge in [-0.05, 0) is 40.5 Å². The number of nitrogens with zero attached hydrogens (tertiary/aromatic N) is 8. The van der Waals surface area contributed by atoms with Crippen LogP contribution in [-0.4, -0.2) is 163 Å². The van der Waals surface area contributed by atoms with Crippen molar-refractivity contribution in [2.45, 2.75) is 63.2 Å². The summed E-state index contributed by atoms with van der Waals surface area (Å²) in [7, 11) is 0. The molecule has 46 heavy (non-hydrogen) atoms. The number of carbonyl (C=O) groups excluding carboxylic acids is 8. The molecule has 0 aliphatic carbocycles. The van der Waals surface area contributed by atoms with Gasteiger partial charge in [0.1, 0.15) is 0 Å². The lowest BCUT2D eigenvalue weighted by molar-refractivity contribution is -0.290. The summed E-state index contributed by atoms with van der Waals surface area (Å²) in [5.74, 6) is -5.17. The molecule has 7 saturated heterocycles. The van der Waals surface area contributed by atoms with E-state index in [4.69, 9.17) is 18.9 Å². The predicted molar refractivity (Wildman–Crippen MR) is 142 cm³/mol. The fourth-order valence-electron chi connectivity index (χ4n) is 8.39. The van der Waals surface area contributed by atoms with Crippen LogP contribution >= 0.6 is 0 Å². The van der Waals surface area contributed by atoms with Crippen LogP contribution in [-0.2, 0) is 38.1 Å². The number of hydrogen-bond donors (Lipinski definition) is 0. The Balaban J connectivity index is 1.66. The number of rotatable bonds is 8. The first-order valence-corrected chi connectivity index (χ1v) is 15.2. The fourth-order valence-corrected chi connectivity index (χ4v) is 8.39. The number of hydrogen-bond acceptors (Lipinski definition) is 12. The third-order valence-corrected chi connectivity index (χ3v) is 9.58. The Kier molecular flexibility index (Phi) is 5.97. The van der Waals surface area contributed by atoms with Gasteiger partial charge in [-0.1, -0.05) is 0 Å². The number of hydrazine groups is 2. The average Bonchev–Trinajstić information content (AvgIpc) is 3.62. The van der Waals surface area contributed by atoms with Gasteiger partial charge < -0.3 is 18.9 Å². The van der Waals surface area contributed by atoms with Gasteiger partial charge in [0, 0.05) is 26.2 Å². The van der Waals surface area contributed by atoms with Crippen molar-refractivity contribution in [1.29, 1.82) is 0 Å². The summed E-state index contributed by atoms with van der Waals surface area (Å²) in [6, 6.07) is -4.65. The molecule has 7 fully saturated rings. The number of fused-ring (bicyclic) bond motifs is 2. The molecule has 248 valence electrons. The minimum atomic E-state index is -2.96. The molecule has 7 rings (SSSR count). The molecule has 0 radical (unpaired) electrons. The Morgan fingerprint density at radius 2 is 0.674 bits per heavy atom. The van der Waals surface area contributed by atoms with Crippen molar-refractivity contribution in [1.82, 2.24) is 39.6 Å². The topological polar surface area (TPSA) is 199 Å². The highest BCUT2D eigenvalue weighted by Crippen LogP contribution is 2.66. The standard InChI is InChI=1S/C26H32N8O12/c1-5-43-15(35)23-25(17(37)45-7-3)31-19(39)27(23)11-9-12-28(23)20(40)32(25)34-22(42)30-14-10-13-29-21(41)33(31)26(34,18(38)46-8-4)24(29,30)16(36)44-6-2/h5-14H2,1-4H3. The molecule has 0 spiro atoms. The average molecular weight is 649 g/mol. The van der Waals surface area contributed by atoms with Crippen molar-refractivity contribution in [2.24, 2.45) is 0 Å². The van der Waals surface area contributed by atoms with E-state index in [-0.39, 0.29) is 65.4 Å². The van der Waals surface area contributed by atoms with Crippen LogP contribution in [0, 0.1) is 0 Å². The summed E-state index contributed by atoms with van der Waals surface area (Å²) in [6.07, 6.45) is 0.268. The molecule has 0 aromatic heterocycles. The van der Waals surface area contributed by atoms with Gasteiger partial charge in [-0.3, -0.25) is 19.6 Å². The third-order valence-electron chi connectivity index (χ3n) is 9.58. The molecule has 0 atom stereocenters. The highest BCUT2D eigenvalue weighted by molar-refractivity contribution is 6.16. The monoisotopic (exact) mass is 648 g/mol. The zero-order valence-electron chi connectivity index (χ0n) is 25.5. The highest BCUT2D eigenvalue weighted by atomic mass is 16.6. The Bertz CT molecular complexity index is 1350. The summed E-state index contributed by atoms with van der Waals surface area (Å²) < 4.78 is 21.8. The maximum atomic E-state index is 14.8. The van der Waals surface area contributed by atoms with Crippen molar-refractivity contribution < 1.29 is 57.3 Å². The second-order valence-corrected chi connectivity index (χ2v) is 11.3. The number of ether oxygens (including phenoxy) is 4. The van der Waals surface area contributed by atoms with Crippen LogP contribution in [0.5, 0.6) is 0 Å². The fraction of sp³-hybridized carbons (Fsp3) is 0.692. The Labute approximate surface area is 261 Å². The van der Waals surface area contributed by atoms with Crippen molar-refractivity contribution >= 4 is 48.0 Å². The van der Waals surface area contributed by atoms with Crippen molar-refractivity contribution in [3.05, 3.63) is 0 Å². The smallest absolute Gasteiger partial charge is 0.362 e. The van der Waals surface area contributed by atoms with E-state index in [1.54, 1.807) is 0 Å². The lowest BCUT2D eigenvalue weighted by atomic mass is 9.86. The van der Waals surface area contributed by atoms with Crippen LogP contribution in [0.3, 0.4) is 0 Å². The molecular weight excluding hydrogens is 616 g/mol. The van der Waals surface area contributed by atoms with Crippen LogP contribution in [0.1, 0.15) is 40.5 Å². The first-order chi connectivity index (χ1) is 22.0. The van der Waals surface area contributed by atoms with Gasteiger partial charge in [0.25, 0.3) is 11.3 Å². The van der Waals surface area contributed by atoms with E-state index in [0.29, 0.717) is 20.0 Å². The SMILES string of the molecule is CCOC(=O)C12N3CCCN1C(=O)N1N4C(=O)N5CCCN6C(=O)N(N(C3=O)C12C(=O)OCC)C4(C(=O)OCC)C65C(=O)OCC. The van der Waals surface area contributed by atoms with Crippen LogP contribution in [0.25, 0.3) is 0 Å². The molecule has 7 heterocycles. The largest absolute Gasteiger partial charge is 0.463 e. The van der Waals surface area contributed by atoms with Gasteiger partial charge in [-0.25, -0.2) is 38.4 Å². The number of carbonyl (C=O) groups is 8. The molecule has 0 aromatic rings. The molecule has 0 unspecified atom stereocenters. The third kappa shape index (κ3) is 2.53. The quantitative estimate of drug-likeness (QED) is 0.221. The lowest BCUT2D eigenvalue weighted by Crippen LogP contribution is -2.90. The number of amides is 8. The molecule has 20 heteroatoms. The minimum Gasteiger partial charge on any atom is -0.463 e. The highest BCUT2D eigenvalue weighted by Gasteiger charge is 3.01. The Hall–Kier alpha value is -5.04. The molecule has 20 nitrogen and oxygen atoms in total. The minimum absolute atomic E-state index is 0.134. The molecule has 0 bridgehead atoms. The van der Waals surface area contributed by atoms with Gasteiger partial charge >= 0.3 is 59.3 Å². The second kappa shape index (κ2) is 9.25. The summed E-state index contributed by atoms with van der Waals surface area (Å²) in [5.41, 5.74) is -11.2. The maximum absolute atomic E-state index is 14.8. The van der Waals surface area contributed by atoms with Gasteiger partial charge in [0.05, 0.1) is 26.4 Å². The maximum Gasteiger partial charge on any atom is 0.362 e. The second-order valence-electron chi connectivity index (χ2n) is 11.3. The summed E-state index contributed by atoms with van der Waals surface area (Å²) >= 11 is 0. The molecule has 7 aliphatic rings. The van der Waals surface area contributed by atoms with Gasteiger partial charge in [-0.15, -0.1) is 0 Å². The molecular formula is C26H32N8O12. The molecule has 0 N–H and O–H groups in total. The molecule has 8 amide bonds. The van der Waals surface area contributed by atoms with Crippen LogP contribution in [0.15, 0.2) is 0 Å². The van der Waals surface area contributed by atoms with Crippen molar-refractivity contribution in [2.75, 3.05) is 52.6 Å². The number of esters is 4. The lowest BCUT2D eigenvalue weighted by Gasteiger charge is -2.57. The van der Waals surface area contributed by atoms with Crippen LogP contribution in [0.4, 0.5) is 19.2 Å². The predicted octanol–water partition coefficient (Wildman–Crippen LogP) is -1.37. The van der Waals surface area contributed by atoms with Crippen molar-refractivity contribution in [3.8, 4) is 0 Å². The van der Waals surface area contributed by atoms with E-state index in [2.05, 4.69) is 0 Å². The van der Waals surface area contributed by atoms with E-state index in [0.717, 1.165) is 19.6 Å². The van der Waals surface area contributed by atoms with Gasteiger partial charge in [0.15, 0.2) is 0 Å². The summed E-state index contributed by atoms with van der Waals surface area (Å²) in [5, 5.41) is 2.04.